The second kappa shape index (κ2) is 6.95. The van der Waals surface area contributed by atoms with E-state index in [1.165, 1.54) is 12.1 Å². The second-order valence-corrected chi connectivity index (χ2v) is 5.77. The van der Waals surface area contributed by atoms with E-state index >= 15 is 0 Å². The Morgan fingerprint density at radius 2 is 2.05 bits per heavy atom. The fourth-order valence-electron chi connectivity index (χ4n) is 2.47. The molecule has 0 aliphatic carbocycles. The molecule has 1 unspecified atom stereocenters. The number of carbonyl (C=O) groups is 1. The number of nitrogens with zero attached hydrogens (tertiary/aromatic N) is 2. The van der Waals surface area contributed by atoms with E-state index in [0.717, 1.165) is 13.1 Å². The van der Waals surface area contributed by atoms with Gasteiger partial charge in [0.15, 0.2) is 0 Å². The van der Waals surface area contributed by atoms with Gasteiger partial charge in [0.2, 0.25) is 5.91 Å². The van der Waals surface area contributed by atoms with Crippen molar-refractivity contribution in [2.45, 2.75) is 19.4 Å². The predicted octanol–water partition coefficient (Wildman–Crippen LogP) is 1.19. The average Bonchev–Trinajstić information content (AvgIpc) is 2.46. The highest BCUT2D eigenvalue weighted by Gasteiger charge is 2.24. The minimum absolute atomic E-state index is 0.0308. The number of carbonyl (C=O) groups excluding carboxylic acids is 1. The lowest BCUT2D eigenvalue weighted by atomic mass is 10.1. The van der Waals surface area contributed by atoms with Crippen LogP contribution < -0.4 is 5.73 Å². The monoisotopic (exact) mass is 309 g/mol. The lowest BCUT2D eigenvalue weighted by Crippen LogP contribution is -2.54. The fraction of sp³-hybridized carbons (Fsp3) is 0.467. The van der Waals surface area contributed by atoms with Crippen molar-refractivity contribution in [3.8, 4) is 0 Å². The number of piperazine rings is 1. The molecular weight excluding hydrogens is 289 g/mol. The maximum Gasteiger partial charge on any atom is 0.227 e. The Morgan fingerprint density at radius 1 is 1.38 bits per heavy atom. The molecule has 0 radical (unpaired) electrons. The van der Waals surface area contributed by atoms with Crippen molar-refractivity contribution in [3.63, 3.8) is 0 Å². The van der Waals surface area contributed by atoms with Crippen LogP contribution in [0.4, 0.5) is 4.39 Å². The molecule has 0 saturated carbocycles. The first-order valence-corrected chi connectivity index (χ1v) is 7.44. The zero-order valence-corrected chi connectivity index (χ0v) is 12.9. The summed E-state index contributed by atoms with van der Waals surface area (Å²) in [5, 5.41) is 0. The van der Waals surface area contributed by atoms with Crippen molar-refractivity contribution in [1.82, 2.24) is 9.80 Å². The summed E-state index contributed by atoms with van der Waals surface area (Å²) in [6.07, 6.45) is 0.239. The topological polar surface area (TPSA) is 49.6 Å². The van der Waals surface area contributed by atoms with Crippen LogP contribution in [0.2, 0.25) is 0 Å². The fourth-order valence-corrected chi connectivity index (χ4v) is 2.62. The number of nitrogens with two attached hydrogens (primary N) is 1. The number of amides is 1. The molecule has 2 rings (SSSR count). The number of hydrogen-bond donors (Lipinski definition) is 1. The predicted molar refractivity (Wildman–Crippen MR) is 84.5 cm³/mol. The van der Waals surface area contributed by atoms with Crippen LogP contribution in [0, 0.1) is 5.82 Å². The first kappa shape index (κ1) is 15.9. The molecule has 1 fully saturated rings. The van der Waals surface area contributed by atoms with E-state index in [4.69, 9.17) is 18.0 Å². The van der Waals surface area contributed by atoms with Gasteiger partial charge in [-0.25, -0.2) is 4.39 Å². The summed E-state index contributed by atoms with van der Waals surface area (Å²) < 4.78 is 13.1. The highest BCUT2D eigenvalue weighted by molar-refractivity contribution is 7.80. The molecule has 0 bridgehead atoms. The van der Waals surface area contributed by atoms with Crippen LogP contribution in [0.5, 0.6) is 0 Å². The summed E-state index contributed by atoms with van der Waals surface area (Å²) in [6, 6.07) is 6.24. The van der Waals surface area contributed by atoms with Crippen molar-refractivity contribution in [2.75, 3.05) is 26.2 Å². The van der Waals surface area contributed by atoms with Crippen LogP contribution in [-0.4, -0.2) is 52.9 Å². The van der Waals surface area contributed by atoms with Gasteiger partial charge in [0.1, 0.15) is 5.82 Å². The Morgan fingerprint density at radius 3 is 2.62 bits per heavy atom. The molecule has 1 saturated heterocycles. The SMILES string of the molecule is CC(C(N)=S)N1CCN(C(=O)Cc2cccc(F)c2)CC1. The average molecular weight is 309 g/mol. The van der Waals surface area contributed by atoms with Gasteiger partial charge in [-0.05, 0) is 24.6 Å². The highest BCUT2D eigenvalue weighted by atomic mass is 32.1. The van der Waals surface area contributed by atoms with E-state index in [9.17, 15) is 9.18 Å². The van der Waals surface area contributed by atoms with Crippen molar-refractivity contribution >= 4 is 23.1 Å². The van der Waals surface area contributed by atoms with Gasteiger partial charge in [-0.3, -0.25) is 9.69 Å². The minimum Gasteiger partial charge on any atom is -0.392 e. The zero-order chi connectivity index (χ0) is 15.4. The number of halogens is 1. The van der Waals surface area contributed by atoms with Crippen molar-refractivity contribution in [3.05, 3.63) is 35.6 Å². The number of thiocarbonyl (C=S) groups is 1. The molecule has 1 aromatic carbocycles. The van der Waals surface area contributed by atoms with Gasteiger partial charge in [0, 0.05) is 26.2 Å². The molecule has 1 heterocycles. The largest absolute Gasteiger partial charge is 0.392 e. The Kier molecular flexibility index (Phi) is 5.25. The van der Waals surface area contributed by atoms with Crippen LogP contribution in [-0.2, 0) is 11.2 Å². The molecule has 1 atom stereocenters. The summed E-state index contributed by atoms with van der Waals surface area (Å²) in [5.74, 6) is -0.279. The molecule has 114 valence electrons. The minimum atomic E-state index is -0.310. The highest BCUT2D eigenvalue weighted by Crippen LogP contribution is 2.10. The Balaban J connectivity index is 1.87. The molecular formula is C15H20FN3OS. The molecule has 0 aromatic heterocycles. The van der Waals surface area contributed by atoms with E-state index in [2.05, 4.69) is 4.90 Å². The summed E-state index contributed by atoms with van der Waals surface area (Å²) in [6.45, 7) is 4.80. The Bertz CT molecular complexity index is 529. The van der Waals surface area contributed by atoms with E-state index < -0.39 is 0 Å². The lowest BCUT2D eigenvalue weighted by molar-refractivity contribution is -0.132. The first-order chi connectivity index (χ1) is 9.97. The molecule has 0 spiro atoms. The summed E-state index contributed by atoms with van der Waals surface area (Å²) in [4.78, 5) is 16.7. The summed E-state index contributed by atoms with van der Waals surface area (Å²) in [5.41, 5.74) is 6.36. The van der Waals surface area contributed by atoms with Gasteiger partial charge in [0.05, 0.1) is 17.5 Å². The molecule has 21 heavy (non-hydrogen) atoms. The van der Waals surface area contributed by atoms with Gasteiger partial charge in [-0.2, -0.15) is 0 Å². The summed E-state index contributed by atoms with van der Waals surface area (Å²) in [7, 11) is 0. The van der Waals surface area contributed by atoms with Gasteiger partial charge in [-0.15, -0.1) is 0 Å². The maximum absolute atomic E-state index is 13.1. The van der Waals surface area contributed by atoms with Crippen LogP contribution in [0.3, 0.4) is 0 Å². The van der Waals surface area contributed by atoms with Crippen LogP contribution in [0.15, 0.2) is 24.3 Å². The first-order valence-electron chi connectivity index (χ1n) is 7.03. The third kappa shape index (κ3) is 4.22. The smallest absolute Gasteiger partial charge is 0.227 e. The van der Waals surface area contributed by atoms with Crippen LogP contribution in [0.25, 0.3) is 0 Å². The normalized spacial score (nSPS) is 17.5. The molecule has 1 aromatic rings. The van der Waals surface area contributed by atoms with E-state index in [-0.39, 0.29) is 24.2 Å². The maximum atomic E-state index is 13.1. The Hall–Kier alpha value is -1.53. The van der Waals surface area contributed by atoms with Crippen LogP contribution in [0.1, 0.15) is 12.5 Å². The molecule has 1 aliphatic heterocycles. The number of rotatable bonds is 4. The van der Waals surface area contributed by atoms with Gasteiger partial charge >= 0.3 is 0 Å². The van der Waals surface area contributed by atoms with Crippen molar-refractivity contribution < 1.29 is 9.18 Å². The standard InChI is InChI=1S/C15H20FN3OS/c1-11(15(17)21)18-5-7-19(8-6-18)14(20)10-12-3-2-4-13(16)9-12/h2-4,9,11H,5-8,10H2,1H3,(H2,17,21). The second-order valence-electron chi connectivity index (χ2n) is 5.30. The zero-order valence-electron chi connectivity index (χ0n) is 12.1. The molecule has 6 heteroatoms. The number of hydrogen-bond acceptors (Lipinski definition) is 3. The molecule has 4 nitrogen and oxygen atoms in total. The summed E-state index contributed by atoms with van der Waals surface area (Å²) >= 11 is 5.00. The third-order valence-corrected chi connectivity index (χ3v) is 4.21. The van der Waals surface area contributed by atoms with Gasteiger partial charge in [-0.1, -0.05) is 24.4 Å². The van der Waals surface area contributed by atoms with Crippen molar-refractivity contribution in [2.24, 2.45) is 5.73 Å². The van der Waals surface area contributed by atoms with E-state index in [1.54, 1.807) is 12.1 Å². The number of benzene rings is 1. The van der Waals surface area contributed by atoms with Crippen LogP contribution >= 0.6 is 12.2 Å². The molecule has 2 N–H and O–H groups in total. The van der Waals surface area contributed by atoms with Gasteiger partial charge in [0.25, 0.3) is 0 Å². The van der Waals surface area contributed by atoms with Crippen molar-refractivity contribution in [1.29, 1.82) is 0 Å². The van der Waals surface area contributed by atoms with E-state index in [1.807, 2.05) is 11.8 Å². The Labute approximate surface area is 129 Å². The molecule has 1 aliphatic rings. The quantitative estimate of drug-likeness (QED) is 0.849. The third-order valence-electron chi connectivity index (χ3n) is 3.87. The van der Waals surface area contributed by atoms with E-state index in [0.29, 0.717) is 23.6 Å². The molecule has 1 amide bonds. The lowest BCUT2D eigenvalue weighted by Gasteiger charge is -2.37. The van der Waals surface area contributed by atoms with Gasteiger partial charge < -0.3 is 10.6 Å².